The number of nitrogens with zero attached hydrogens (tertiary/aromatic N) is 2. The van der Waals surface area contributed by atoms with Crippen LogP contribution in [0.3, 0.4) is 0 Å². The van der Waals surface area contributed by atoms with Crippen molar-refractivity contribution in [3.05, 3.63) is 31.8 Å². The van der Waals surface area contributed by atoms with Gasteiger partial charge in [-0.15, -0.1) is 0 Å². The molecule has 0 saturated carbocycles. The third kappa shape index (κ3) is 2.35. The molecule has 0 amide bonds. The molecule has 7 heteroatoms. The maximum atomic E-state index is 13.5. The summed E-state index contributed by atoms with van der Waals surface area (Å²) in [5.41, 5.74) is -1.58. The van der Waals surface area contributed by atoms with E-state index in [1.54, 1.807) is 0 Å². The molecular formula is C11H15ClFN3O2. The van der Waals surface area contributed by atoms with Gasteiger partial charge in [0, 0.05) is 6.54 Å². The van der Waals surface area contributed by atoms with Crippen molar-refractivity contribution in [2.24, 2.45) is 0 Å². The largest absolute Gasteiger partial charge is 0.329 e. The molecule has 0 bridgehead atoms. The Morgan fingerprint density at radius 1 is 1.50 bits per heavy atom. The van der Waals surface area contributed by atoms with Gasteiger partial charge < -0.3 is 4.90 Å². The Morgan fingerprint density at radius 3 is 2.89 bits per heavy atom. The van der Waals surface area contributed by atoms with Crippen LogP contribution in [0.25, 0.3) is 0 Å². The van der Waals surface area contributed by atoms with Gasteiger partial charge in [-0.25, -0.2) is 4.79 Å². The second-order valence-corrected chi connectivity index (χ2v) is 4.80. The van der Waals surface area contributed by atoms with Crippen molar-refractivity contribution in [3.8, 4) is 0 Å². The van der Waals surface area contributed by atoms with Crippen LogP contribution in [0.5, 0.6) is 0 Å². The number of rotatable bonds is 2. The monoisotopic (exact) mass is 275 g/mol. The Kier molecular flexibility index (Phi) is 3.87. The van der Waals surface area contributed by atoms with Crippen LogP contribution < -0.4 is 11.2 Å². The predicted octanol–water partition coefficient (Wildman–Crippen LogP) is 0.986. The molecule has 0 aliphatic carbocycles. The van der Waals surface area contributed by atoms with Crippen LogP contribution in [0.4, 0.5) is 4.39 Å². The number of likely N-dealkylation sites (tertiary alicyclic amines) is 1. The minimum Gasteiger partial charge on any atom is -0.302 e. The summed E-state index contributed by atoms with van der Waals surface area (Å²) in [5.74, 6) is -1.09. The number of hydrogen-bond donors (Lipinski definition) is 1. The van der Waals surface area contributed by atoms with Gasteiger partial charge in [0.2, 0.25) is 5.82 Å². The Hall–Kier alpha value is -1.14. The van der Waals surface area contributed by atoms with E-state index < -0.39 is 22.2 Å². The first-order valence-electron chi connectivity index (χ1n) is 5.96. The maximum Gasteiger partial charge on any atom is 0.329 e. The molecule has 0 spiro atoms. The van der Waals surface area contributed by atoms with E-state index in [1.807, 2.05) is 6.92 Å². The highest BCUT2D eigenvalue weighted by atomic mass is 35.5. The van der Waals surface area contributed by atoms with Crippen molar-refractivity contribution in [1.29, 1.82) is 0 Å². The first-order valence-corrected chi connectivity index (χ1v) is 6.34. The molecule has 2 heterocycles. The SMILES string of the molecule is CCN1CCCC(n2c(=O)[nH]c(Cl)c(F)c2=O)C1. The smallest absolute Gasteiger partial charge is 0.302 e. The van der Waals surface area contributed by atoms with Crippen molar-refractivity contribution in [3.63, 3.8) is 0 Å². The summed E-state index contributed by atoms with van der Waals surface area (Å²) in [7, 11) is 0. The Labute approximate surface area is 108 Å². The first-order chi connectivity index (χ1) is 8.54. The van der Waals surface area contributed by atoms with Crippen LogP contribution in [0.1, 0.15) is 25.8 Å². The van der Waals surface area contributed by atoms with E-state index in [0.717, 1.165) is 24.1 Å². The predicted molar refractivity (Wildman–Crippen MR) is 66.7 cm³/mol. The second kappa shape index (κ2) is 5.24. The lowest BCUT2D eigenvalue weighted by atomic mass is 10.1. The van der Waals surface area contributed by atoms with Gasteiger partial charge in [-0.05, 0) is 25.9 Å². The summed E-state index contributed by atoms with van der Waals surface area (Å²) in [4.78, 5) is 27.8. The lowest BCUT2D eigenvalue weighted by Crippen LogP contribution is -2.46. The molecule has 1 aromatic rings. The number of aromatic amines is 1. The quantitative estimate of drug-likeness (QED) is 0.819. The molecule has 5 nitrogen and oxygen atoms in total. The number of nitrogens with one attached hydrogen (secondary N) is 1. The second-order valence-electron chi connectivity index (χ2n) is 4.42. The number of likely N-dealkylation sites (N-methyl/N-ethyl adjacent to an activating group) is 1. The van der Waals surface area contributed by atoms with E-state index in [4.69, 9.17) is 11.6 Å². The van der Waals surface area contributed by atoms with E-state index in [9.17, 15) is 14.0 Å². The topological polar surface area (TPSA) is 58.1 Å². The molecule has 1 aromatic heterocycles. The maximum absolute atomic E-state index is 13.5. The van der Waals surface area contributed by atoms with Crippen LogP contribution in [0.15, 0.2) is 9.59 Å². The number of piperidine rings is 1. The fourth-order valence-corrected chi connectivity index (χ4v) is 2.52. The zero-order valence-electron chi connectivity index (χ0n) is 10.1. The van der Waals surface area contributed by atoms with Gasteiger partial charge in [0.15, 0.2) is 5.15 Å². The fraction of sp³-hybridized carbons (Fsp3) is 0.636. The Morgan fingerprint density at radius 2 is 2.22 bits per heavy atom. The molecule has 0 radical (unpaired) electrons. The minimum absolute atomic E-state index is 0.290. The number of aromatic nitrogens is 2. The molecule has 1 N–H and O–H groups in total. The summed E-state index contributed by atoms with van der Waals surface area (Å²) in [5, 5.41) is -0.524. The zero-order valence-corrected chi connectivity index (χ0v) is 10.8. The molecule has 100 valence electrons. The van der Waals surface area contributed by atoms with Gasteiger partial charge in [0.25, 0.3) is 5.56 Å². The zero-order chi connectivity index (χ0) is 13.3. The van der Waals surface area contributed by atoms with Crippen LogP contribution in [-0.4, -0.2) is 34.1 Å². The van der Waals surface area contributed by atoms with Gasteiger partial charge >= 0.3 is 5.69 Å². The van der Waals surface area contributed by atoms with E-state index in [2.05, 4.69) is 9.88 Å². The third-order valence-corrected chi connectivity index (χ3v) is 3.59. The van der Waals surface area contributed by atoms with Crippen molar-refractivity contribution in [2.45, 2.75) is 25.8 Å². The molecule has 1 aliphatic heterocycles. The summed E-state index contributed by atoms with van der Waals surface area (Å²) >= 11 is 5.43. The molecule has 1 saturated heterocycles. The number of hydrogen-bond acceptors (Lipinski definition) is 3. The summed E-state index contributed by atoms with van der Waals surface area (Å²) in [6.07, 6.45) is 1.58. The highest BCUT2D eigenvalue weighted by Gasteiger charge is 2.24. The van der Waals surface area contributed by atoms with Crippen LogP contribution in [0, 0.1) is 5.82 Å². The van der Waals surface area contributed by atoms with E-state index >= 15 is 0 Å². The van der Waals surface area contributed by atoms with Crippen LogP contribution in [-0.2, 0) is 0 Å². The van der Waals surface area contributed by atoms with Gasteiger partial charge in [-0.3, -0.25) is 14.3 Å². The van der Waals surface area contributed by atoms with Gasteiger partial charge in [-0.1, -0.05) is 18.5 Å². The normalized spacial score (nSPS) is 21.2. The first kappa shape index (κ1) is 13.3. The molecule has 1 atom stereocenters. The Balaban J connectivity index is 2.42. The van der Waals surface area contributed by atoms with Crippen molar-refractivity contribution < 1.29 is 4.39 Å². The molecule has 18 heavy (non-hydrogen) atoms. The summed E-state index contributed by atoms with van der Waals surface area (Å²) in [6.45, 7) is 4.38. The molecule has 2 rings (SSSR count). The van der Waals surface area contributed by atoms with Crippen molar-refractivity contribution in [2.75, 3.05) is 19.6 Å². The number of halogens is 2. The molecule has 0 aromatic carbocycles. The van der Waals surface area contributed by atoms with Crippen molar-refractivity contribution in [1.82, 2.24) is 14.5 Å². The van der Waals surface area contributed by atoms with Crippen molar-refractivity contribution >= 4 is 11.6 Å². The van der Waals surface area contributed by atoms with Crippen LogP contribution >= 0.6 is 11.6 Å². The highest BCUT2D eigenvalue weighted by molar-refractivity contribution is 6.29. The number of H-pyrrole nitrogens is 1. The van der Waals surface area contributed by atoms with E-state index in [0.29, 0.717) is 13.0 Å². The van der Waals surface area contributed by atoms with Crippen LogP contribution in [0.2, 0.25) is 5.15 Å². The third-order valence-electron chi connectivity index (χ3n) is 3.33. The van der Waals surface area contributed by atoms with Gasteiger partial charge in [0.1, 0.15) is 0 Å². The lowest BCUT2D eigenvalue weighted by Gasteiger charge is -2.32. The average Bonchev–Trinajstić information content (AvgIpc) is 2.36. The van der Waals surface area contributed by atoms with Gasteiger partial charge in [-0.2, -0.15) is 4.39 Å². The Bertz CT molecular complexity index is 554. The summed E-state index contributed by atoms with van der Waals surface area (Å²) < 4.78 is 14.4. The molecular weight excluding hydrogens is 261 g/mol. The van der Waals surface area contributed by atoms with Gasteiger partial charge in [0.05, 0.1) is 6.04 Å². The summed E-state index contributed by atoms with van der Waals surface area (Å²) in [6, 6.07) is -0.290. The lowest BCUT2D eigenvalue weighted by molar-refractivity contribution is 0.179. The fourth-order valence-electron chi connectivity index (χ4n) is 2.36. The molecule has 1 unspecified atom stereocenters. The highest BCUT2D eigenvalue weighted by Crippen LogP contribution is 2.18. The average molecular weight is 276 g/mol. The minimum atomic E-state index is -1.09. The van der Waals surface area contributed by atoms with E-state index in [1.165, 1.54) is 0 Å². The standard InChI is InChI=1S/C11H15ClFN3O2/c1-2-15-5-3-4-7(6-15)16-10(17)8(13)9(12)14-11(16)18/h7H,2-6H2,1H3,(H,14,18). The van der Waals surface area contributed by atoms with E-state index in [-0.39, 0.29) is 6.04 Å². The molecule has 1 fully saturated rings. The molecule has 1 aliphatic rings.